The molecule has 6 nitrogen and oxygen atoms in total. The molecule has 4 heterocycles. The van der Waals surface area contributed by atoms with E-state index in [0.29, 0.717) is 17.5 Å². The van der Waals surface area contributed by atoms with E-state index in [1.54, 1.807) is 0 Å². The highest BCUT2D eigenvalue weighted by molar-refractivity contribution is 6.18. The molecular formula is C84H90N6. The molecule has 0 amide bonds. The molecule has 9 aromatic carbocycles. The standard InChI is InChI=1S/C84H90N6/c1-37-28-31-67(88-76-58(22)46(10)40(4)52(16)70(76)71-53(17)41(5)47(11)59(23)77(71)88)64(34-37)82-85-83(65-35-38(2)29-32-68(65)89-78-60(24)48(12)42(6)54(18)72(78)73-55(19)43(7)49(13)61(25)79(73)89)87-84(86-82)66-36-39(3)30-33-69(66)90-80-62(26)50(14)44(8)56(20)74(80)75-57(21)45(9)51(15)63(27)81(75)90/h28-36H,1-27H3. The third-order valence-electron chi connectivity index (χ3n) is 23.6. The Morgan fingerprint density at radius 1 is 0.189 bits per heavy atom. The largest absolute Gasteiger partial charge is 0.308 e. The van der Waals surface area contributed by atoms with Gasteiger partial charge in [0, 0.05) is 49.0 Å². The second-order valence-electron chi connectivity index (χ2n) is 27.7. The van der Waals surface area contributed by atoms with Crippen LogP contribution >= 0.6 is 0 Å². The summed E-state index contributed by atoms with van der Waals surface area (Å²) >= 11 is 0. The van der Waals surface area contributed by atoms with Crippen molar-refractivity contribution in [2.24, 2.45) is 0 Å². The third kappa shape index (κ3) is 8.04. The Hall–Kier alpha value is -8.61. The molecule has 4 aromatic heterocycles. The number of aromatic nitrogens is 6. The highest BCUT2D eigenvalue weighted by Crippen LogP contribution is 2.50. The summed E-state index contributed by atoms with van der Waals surface area (Å²) in [5.41, 5.74) is 48.4. The van der Waals surface area contributed by atoms with E-state index in [1.165, 1.54) is 199 Å². The van der Waals surface area contributed by atoms with Gasteiger partial charge in [0.25, 0.3) is 0 Å². The Morgan fingerprint density at radius 3 is 0.511 bits per heavy atom. The lowest BCUT2D eigenvalue weighted by Crippen LogP contribution is -2.09. The summed E-state index contributed by atoms with van der Waals surface area (Å²) in [6.45, 7) is 62.2. The molecule has 0 N–H and O–H groups in total. The zero-order valence-corrected chi connectivity index (χ0v) is 58.9. The maximum atomic E-state index is 5.98. The summed E-state index contributed by atoms with van der Waals surface area (Å²) < 4.78 is 7.77. The topological polar surface area (TPSA) is 53.5 Å². The Kier molecular flexibility index (Phi) is 13.9. The first-order valence-corrected chi connectivity index (χ1v) is 32.6. The molecule has 0 aliphatic carbocycles. The highest BCUT2D eigenvalue weighted by atomic mass is 15.1. The van der Waals surface area contributed by atoms with Gasteiger partial charge in [-0.2, -0.15) is 0 Å². The Balaban J connectivity index is 1.24. The number of hydrogen-bond acceptors (Lipinski definition) is 3. The van der Waals surface area contributed by atoms with Crippen molar-refractivity contribution in [3.05, 3.63) is 205 Å². The summed E-state index contributed by atoms with van der Waals surface area (Å²) in [5, 5.41) is 7.93. The summed E-state index contributed by atoms with van der Waals surface area (Å²) in [7, 11) is 0. The second kappa shape index (κ2) is 20.7. The van der Waals surface area contributed by atoms with E-state index in [2.05, 4.69) is 255 Å². The maximum Gasteiger partial charge on any atom is 0.166 e. The van der Waals surface area contributed by atoms with E-state index in [9.17, 15) is 0 Å². The van der Waals surface area contributed by atoms with Gasteiger partial charge in [-0.15, -0.1) is 0 Å². The molecule has 0 bridgehead atoms. The minimum atomic E-state index is 0.624. The summed E-state index contributed by atoms with van der Waals surface area (Å²) in [4.78, 5) is 17.9. The Labute approximate surface area is 534 Å². The van der Waals surface area contributed by atoms with Gasteiger partial charge in [0.05, 0.1) is 50.2 Å². The van der Waals surface area contributed by atoms with Crippen molar-refractivity contribution in [2.45, 2.75) is 187 Å². The van der Waals surface area contributed by atoms with E-state index in [-0.39, 0.29) is 0 Å². The van der Waals surface area contributed by atoms with E-state index >= 15 is 0 Å². The smallest absolute Gasteiger partial charge is 0.166 e. The van der Waals surface area contributed by atoms with E-state index in [4.69, 9.17) is 15.0 Å². The quantitative estimate of drug-likeness (QED) is 0.167. The average molecular weight is 1180 g/mol. The first-order chi connectivity index (χ1) is 42.4. The van der Waals surface area contributed by atoms with Crippen molar-refractivity contribution < 1.29 is 0 Å². The van der Waals surface area contributed by atoms with Crippen LogP contribution in [0.3, 0.4) is 0 Å². The van der Waals surface area contributed by atoms with Crippen LogP contribution in [0, 0.1) is 187 Å². The van der Waals surface area contributed by atoms with Crippen LogP contribution in [0.2, 0.25) is 0 Å². The van der Waals surface area contributed by atoms with Gasteiger partial charge in [0.15, 0.2) is 17.5 Å². The van der Waals surface area contributed by atoms with Gasteiger partial charge < -0.3 is 13.7 Å². The number of aryl methyl sites for hydroxylation is 15. The zero-order valence-electron chi connectivity index (χ0n) is 58.9. The van der Waals surface area contributed by atoms with Gasteiger partial charge in [0.1, 0.15) is 0 Å². The maximum absolute atomic E-state index is 5.98. The van der Waals surface area contributed by atoms with Crippen LogP contribution in [0.15, 0.2) is 54.6 Å². The first-order valence-electron chi connectivity index (χ1n) is 32.6. The van der Waals surface area contributed by atoms with Gasteiger partial charge >= 0.3 is 0 Å². The molecule has 0 spiro atoms. The van der Waals surface area contributed by atoms with Gasteiger partial charge in [-0.25, -0.2) is 15.0 Å². The van der Waals surface area contributed by atoms with Gasteiger partial charge in [-0.05, 0) is 357 Å². The molecule has 0 radical (unpaired) electrons. The number of benzene rings is 9. The number of nitrogens with zero attached hydrogens (tertiary/aromatic N) is 6. The lowest BCUT2D eigenvalue weighted by atomic mass is 9.90. The van der Waals surface area contributed by atoms with Crippen molar-refractivity contribution in [1.82, 2.24) is 28.7 Å². The van der Waals surface area contributed by atoms with Crippen LogP contribution < -0.4 is 0 Å². The van der Waals surface area contributed by atoms with Gasteiger partial charge in [0.2, 0.25) is 0 Å². The summed E-state index contributed by atoms with van der Waals surface area (Å²) in [6, 6.07) is 20.8. The van der Waals surface area contributed by atoms with E-state index < -0.39 is 0 Å². The van der Waals surface area contributed by atoms with Crippen molar-refractivity contribution in [2.75, 3.05) is 0 Å². The van der Waals surface area contributed by atoms with Gasteiger partial charge in [-0.1, -0.05) is 34.9 Å². The molecule has 0 atom stereocenters. The van der Waals surface area contributed by atoms with Gasteiger partial charge in [-0.3, -0.25) is 0 Å². The third-order valence-corrected chi connectivity index (χ3v) is 23.6. The van der Waals surface area contributed by atoms with Crippen molar-refractivity contribution in [3.63, 3.8) is 0 Å². The van der Waals surface area contributed by atoms with Crippen molar-refractivity contribution >= 4 is 65.4 Å². The van der Waals surface area contributed by atoms with E-state index in [1.807, 2.05) is 0 Å². The number of rotatable bonds is 6. The number of hydrogen-bond donors (Lipinski definition) is 0. The predicted octanol–water partition coefficient (Wildman–Crippen LogP) is 22.5. The SMILES string of the molecule is Cc1ccc(-n2c3c(C)c(C)c(C)c(C)c3c3c(C)c(C)c(C)c(C)c32)c(-c2nc(-c3cc(C)ccc3-n3c4c(C)c(C)c(C)c(C)c4c4c(C)c(C)c(C)c(C)c43)nc(-c3cc(C)ccc3-n3c4c(C)c(C)c(C)c(C)c4c4c(C)c(C)c(C)c(C)c43)n2)c1. The molecular weight excluding hydrogens is 1090 g/mol. The summed E-state index contributed by atoms with van der Waals surface area (Å²) in [6.07, 6.45) is 0. The monoisotopic (exact) mass is 1180 g/mol. The van der Waals surface area contributed by atoms with Crippen LogP contribution in [-0.4, -0.2) is 28.7 Å². The molecule has 90 heavy (non-hydrogen) atoms. The van der Waals surface area contributed by atoms with Crippen molar-refractivity contribution in [3.8, 4) is 51.2 Å². The lowest BCUT2D eigenvalue weighted by molar-refractivity contribution is 1.04. The van der Waals surface area contributed by atoms with Crippen LogP contribution in [0.4, 0.5) is 0 Å². The molecule has 0 saturated heterocycles. The first kappa shape index (κ1) is 60.3. The Bertz CT molecular complexity index is 4680. The summed E-state index contributed by atoms with van der Waals surface area (Å²) in [5.74, 6) is 1.87. The molecule has 13 rings (SSSR count). The lowest BCUT2D eigenvalue weighted by Gasteiger charge is -2.21. The second-order valence-corrected chi connectivity index (χ2v) is 27.7. The molecule has 6 heteroatoms. The fourth-order valence-corrected chi connectivity index (χ4v) is 16.1. The minimum Gasteiger partial charge on any atom is -0.308 e. The van der Waals surface area contributed by atoms with Crippen LogP contribution in [0.1, 0.15) is 150 Å². The van der Waals surface area contributed by atoms with Crippen LogP contribution in [0.5, 0.6) is 0 Å². The number of fused-ring (bicyclic) bond motifs is 9. The predicted molar refractivity (Wildman–Crippen MR) is 387 cm³/mol. The minimum absolute atomic E-state index is 0.624. The van der Waals surface area contributed by atoms with E-state index in [0.717, 1.165) is 50.4 Å². The normalized spacial score (nSPS) is 12.2. The zero-order chi connectivity index (χ0) is 64.9. The molecule has 13 aromatic rings. The van der Waals surface area contributed by atoms with Crippen LogP contribution in [0.25, 0.3) is 117 Å². The fourth-order valence-electron chi connectivity index (χ4n) is 16.1. The highest BCUT2D eigenvalue weighted by Gasteiger charge is 2.32. The fraction of sp³-hybridized carbons (Fsp3) is 0.321. The molecule has 0 aliphatic rings. The molecule has 0 fully saturated rings. The Morgan fingerprint density at radius 2 is 0.344 bits per heavy atom. The molecule has 456 valence electrons. The molecule has 0 aliphatic heterocycles. The van der Waals surface area contributed by atoms with Crippen LogP contribution in [-0.2, 0) is 0 Å². The molecule has 0 unspecified atom stereocenters. The average Bonchev–Trinajstić information content (AvgIpc) is 1.56. The molecule has 0 saturated carbocycles. The van der Waals surface area contributed by atoms with Crippen molar-refractivity contribution in [1.29, 1.82) is 0 Å².